The maximum absolute atomic E-state index is 12.7. The Bertz CT molecular complexity index is 1440. The molecule has 0 amide bonds. The Morgan fingerprint density at radius 1 is 0.692 bits per heavy atom. The minimum Gasteiger partial charge on any atom is -0.521 e. The molecule has 10 heteroatoms. The molecule has 4 rings (SSSR count). The van der Waals surface area contributed by atoms with Gasteiger partial charge in [0.05, 0.1) is 4.90 Å². The van der Waals surface area contributed by atoms with Gasteiger partial charge < -0.3 is 24.6 Å². The van der Waals surface area contributed by atoms with Crippen molar-refractivity contribution in [2.45, 2.75) is 4.90 Å². The summed E-state index contributed by atoms with van der Waals surface area (Å²) in [6.07, 6.45) is 13.6. The SMILES string of the molecule is CSc1c(-[n+]2ccc(N(C)C)cc2)[c-]c(C(=O)O)c(-[n+]2ccc(N(C)C)cc2)c1-[n+]1ccc(N(C)C)cc1.[Y]. The molecule has 39 heavy (non-hydrogen) atoms. The fourth-order valence-corrected chi connectivity index (χ4v) is 4.94. The van der Waals surface area contributed by atoms with Crippen LogP contribution in [0.1, 0.15) is 10.4 Å². The molecule has 0 bridgehead atoms. The van der Waals surface area contributed by atoms with Gasteiger partial charge in [-0.1, -0.05) is 6.07 Å². The molecule has 3 heterocycles. The maximum Gasteiger partial charge on any atom is 0.254 e. The number of benzene rings is 1. The molecule has 1 radical (unpaired) electrons. The van der Waals surface area contributed by atoms with Gasteiger partial charge in [0, 0.05) is 134 Å². The van der Waals surface area contributed by atoms with Crippen molar-refractivity contribution in [3.05, 3.63) is 85.2 Å². The number of pyridine rings is 3. The molecule has 0 spiro atoms. The number of anilines is 3. The Balaban J connectivity index is 0.00000420. The van der Waals surface area contributed by atoms with E-state index in [1.165, 1.54) is 0 Å². The molecule has 0 aliphatic rings. The Kier molecular flexibility index (Phi) is 10.1. The first-order chi connectivity index (χ1) is 18.1. The van der Waals surface area contributed by atoms with Gasteiger partial charge in [0.15, 0.2) is 37.2 Å². The zero-order valence-electron chi connectivity index (χ0n) is 23.5. The summed E-state index contributed by atoms with van der Waals surface area (Å²) in [4.78, 5) is 19.7. The number of aromatic carboxylic acids is 1. The van der Waals surface area contributed by atoms with Crippen molar-refractivity contribution in [1.82, 2.24) is 0 Å². The molecule has 0 atom stereocenters. The quantitative estimate of drug-likeness (QED) is 0.186. The van der Waals surface area contributed by atoms with E-state index >= 15 is 0 Å². The van der Waals surface area contributed by atoms with Gasteiger partial charge in [-0.3, -0.25) is 0 Å². The second kappa shape index (κ2) is 12.9. The zero-order valence-corrected chi connectivity index (χ0v) is 27.1. The normalized spacial score (nSPS) is 10.5. The molecule has 8 nitrogen and oxygen atoms in total. The molecule has 3 aromatic heterocycles. The number of aromatic nitrogens is 3. The van der Waals surface area contributed by atoms with E-state index in [9.17, 15) is 9.90 Å². The summed E-state index contributed by atoms with van der Waals surface area (Å²) in [6.45, 7) is 0. The van der Waals surface area contributed by atoms with Gasteiger partial charge in [0.2, 0.25) is 11.4 Å². The van der Waals surface area contributed by atoms with Crippen LogP contribution in [0.25, 0.3) is 17.1 Å². The first-order valence-corrected chi connectivity index (χ1v) is 13.3. The molecule has 0 saturated heterocycles. The van der Waals surface area contributed by atoms with E-state index in [1.807, 2.05) is 151 Å². The van der Waals surface area contributed by atoms with Crippen LogP contribution < -0.4 is 28.4 Å². The van der Waals surface area contributed by atoms with E-state index in [2.05, 4.69) is 6.07 Å². The summed E-state index contributed by atoms with van der Waals surface area (Å²) in [5.41, 5.74) is 5.19. The van der Waals surface area contributed by atoms with Crippen molar-refractivity contribution >= 4 is 34.8 Å². The van der Waals surface area contributed by atoms with Crippen LogP contribution in [0.15, 0.2) is 78.5 Å². The Labute approximate surface area is 260 Å². The molecule has 0 unspecified atom stereocenters. The van der Waals surface area contributed by atoms with Crippen molar-refractivity contribution < 1.29 is 56.3 Å². The summed E-state index contributed by atoms with van der Waals surface area (Å²) in [5, 5.41) is 10.4. The molecule has 4 aromatic rings. The molecule has 0 fully saturated rings. The number of carboxylic acid groups (broad SMARTS) is 1. The average molecular weight is 620 g/mol. The Hall–Kier alpha value is -3.01. The average Bonchev–Trinajstić information content (AvgIpc) is 2.91. The standard InChI is InChI=1S/C29H33N6O2S.Y/c1-30(2)21-8-14-33(15-9-21)25-20-24(29(36)37)26(34-16-10-22(11-17-34)31(3)4)27(28(25)38-7)35-18-12-23(13-19-35)32(5)6;/h8-19H,1-7H3;/q+1;/p+1. The van der Waals surface area contributed by atoms with Gasteiger partial charge in [-0.15, -0.1) is 0 Å². The fraction of sp³-hybridized carbons (Fsp3) is 0.241. The van der Waals surface area contributed by atoms with Crippen LogP contribution >= 0.6 is 11.8 Å². The van der Waals surface area contributed by atoms with E-state index in [4.69, 9.17) is 0 Å². The Morgan fingerprint density at radius 2 is 1.05 bits per heavy atom. The number of carbonyl (C=O) groups is 1. The number of nitrogens with zero attached hydrogens (tertiary/aromatic N) is 6. The van der Waals surface area contributed by atoms with E-state index in [-0.39, 0.29) is 38.3 Å². The van der Waals surface area contributed by atoms with Crippen LogP contribution in [-0.2, 0) is 32.7 Å². The van der Waals surface area contributed by atoms with Crippen LogP contribution in [0.4, 0.5) is 17.1 Å². The molecule has 0 saturated carbocycles. The molecule has 0 aliphatic heterocycles. The molecule has 199 valence electrons. The summed E-state index contributed by atoms with van der Waals surface area (Å²) >= 11 is 1.56. The van der Waals surface area contributed by atoms with E-state index in [0.29, 0.717) is 11.4 Å². The summed E-state index contributed by atoms with van der Waals surface area (Å²) in [7, 11) is 11.9. The van der Waals surface area contributed by atoms with Crippen LogP contribution in [0.3, 0.4) is 0 Å². The second-order valence-electron chi connectivity index (χ2n) is 9.46. The van der Waals surface area contributed by atoms with E-state index in [1.54, 1.807) is 11.8 Å². The van der Waals surface area contributed by atoms with Crippen molar-refractivity contribution in [3.63, 3.8) is 0 Å². The van der Waals surface area contributed by atoms with Crippen molar-refractivity contribution in [2.75, 3.05) is 63.2 Å². The minimum atomic E-state index is -1.05. The number of hydrogen-bond donors (Lipinski definition) is 1. The number of rotatable bonds is 8. The fourth-order valence-electron chi connectivity index (χ4n) is 4.19. The van der Waals surface area contributed by atoms with Crippen LogP contribution in [0.5, 0.6) is 0 Å². The third-order valence-electron chi connectivity index (χ3n) is 6.31. The molecular weight excluding hydrogens is 585 g/mol. The predicted octanol–water partition coefficient (Wildman–Crippen LogP) is 2.93. The zero-order chi connectivity index (χ0) is 27.6. The van der Waals surface area contributed by atoms with Crippen molar-refractivity contribution in [2.24, 2.45) is 0 Å². The number of carboxylic acids is 1. The van der Waals surface area contributed by atoms with Gasteiger partial charge in [0.25, 0.3) is 5.97 Å². The number of thioether (sulfide) groups is 1. The first-order valence-electron chi connectivity index (χ1n) is 12.1. The van der Waals surface area contributed by atoms with Gasteiger partial charge >= 0.3 is 0 Å². The van der Waals surface area contributed by atoms with Gasteiger partial charge in [0.1, 0.15) is 5.69 Å². The van der Waals surface area contributed by atoms with Crippen LogP contribution in [0.2, 0.25) is 0 Å². The van der Waals surface area contributed by atoms with Gasteiger partial charge in [-0.05, 0) is 6.26 Å². The third-order valence-corrected chi connectivity index (χ3v) is 7.11. The van der Waals surface area contributed by atoms with Gasteiger partial charge in [-0.25, -0.2) is 4.57 Å². The molecule has 0 aliphatic carbocycles. The minimum absolute atomic E-state index is 0. The largest absolute Gasteiger partial charge is 0.521 e. The maximum atomic E-state index is 12.7. The predicted molar refractivity (Wildman–Crippen MR) is 152 cm³/mol. The van der Waals surface area contributed by atoms with Crippen molar-refractivity contribution in [3.8, 4) is 17.1 Å². The molecule has 1 N–H and O–H groups in total. The van der Waals surface area contributed by atoms with Gasteiger partial charge in [-0.2, -0.15) is 20.9 Å². The monoisotopic (exact) mass is 619 g/mol. The topological polar surface area (TPSA) is 58.7 Å². The van der Waals surface area contributed by atoms with E-state index < -0.39 is 5.97 Å². The molecular formula is C29H34N6O2SY+2. The van der Waals surface area contributed by atoms with Crippen LogP contribution in [0, 0.1) is 6.07 Å². The third kappa shape index (κ3) is 6.43. The van der Waals surface area contributed by atoms with Crippen molar-refractivity contribution in [1.29, 1.82) is 0 Å². The second-order valence-corrected chi connectivity index (χ2v) is 10.3. The smallest absolute Gasteiger partial charge is 0.254 e. The van der Waals surface area contributed by atoms with E-state index in [0.717, 1.165) is 27.6 Å². The molecule has 1 aromatic carbocycles. The Morgan fingerprint density at radius 3 is 1.38 bits per heavy atom. The van der Waals surface area contributed by atoms with Crippen LogP contribution in [-0.4, -0.2) is 59.6 Å². The summed E-state index contributed by atoms with van der Waals surface area (Å²) in [5.74, 6) is -1.05. The first kappa shape index (κ1) is 30.5. The number of hydrogen-bond acceptors (Lipinski definition) is 5. The summed E-state index contributed by atoms with van der Waals surface area (Å²) in [6, 6.07) is 15.2. The summed E-state index contributed by atoms with van der Waals surface area (Å²) < 4.78 is 5.77.